The van der Waals surface area contributed by atoms with Crippen LogP contribution in [0.15, 0.2) is 66.7 Å². The first-order valence-corrected chi connectivity index (χ1v) is 9.67. The fourth-order valence-corrected chi connectivity index (χ4v) is 4.04. The number of carbonyl (C=O) groups is 1. The molecular formula is C24H23N3O2. The van der Waals surface area contributed by atoms with Crippen LogP contribution in [0.1, 0.15) is 33.5 Å². The molecule has 3 aromatic carbocycles. The molecule has 1 aliphatic rings. The maximum Gasteiger partial charge on any atom is 0.336 e. The van der Waals surface area contributed by atoms with Gasteiger partial charge in [-0.2, -0.15) is 0 Å². The number of aromatic carboxylic acids is 1. The minimum absolute atomic E-state index is 0.0838. The topological polar surface area (TPSA) is 90.4 Å². The number of rotatable bonds is 5. The van der Waals surface area contributed by atoms with Crippen LogP contribution in [0.3, 0.4) is 0 Å². The minimum Gasteiger partial charge on any atom is -0.478 e. The molecular weight excluding hydrogens is 362 g/mol. The van der Waals surface area contributed by atoms with Crippen LogP contribution in [0.2, 0.25) is 0 Å². The predicted octanol–water partition coefficient (Wildman–Crippen LogP) is 4.29. The quantitative estimate of drug-likeness (QED) is 0.451. The molecule has 5 nitrogen and oxygen atoms in total. The standard InChI is InChI=1S/C24H23N3O2/c25-23(26)17-11-12-22-16(14-17)7-5-13-27(22)15-18-6-1-2-8-19(18)20-9-3-4-10-21(20)24(28)29/h1-4,6,8-12,14H,5,7,13,15H2,(H3,25,26)(H,28,29). The van der Waals surface area contributed by atoms with Crippen LogP contribution in [0.25, 0.3) is 11.1 Å². The van der Waals surface area contributed by atoms with Gasteiger partial charge in [0, 0.05) is 24.3 Å². The van der Waals surface area contributed by atoms with Gasteiger partial charge in [0.2, 0.25) is 0 Å². The number of anilines is 1. The number of aryl methyl sites for hydroxylation is 1. The molecule has 0 radical (unpaired) electrons. The summed E-state index contributed by atoms with van der Waals surface area (Å²) in [6.07, 6.45) is 2.00. The molecule has 0 fully saturated rings. The third-order valence-corrected chi connectivity index (χ3v) is 5.43. The highest BCUT2D eigenvalue weighted by atomic mass is 16.4. The number of carboxylic acid groups (broad SMARTS) is 1. The molecule has 1 aliphatic heterocycles. The highest BCUT2D eigenvalue weighted by Crippen LogP contribution is 2.33. The lowest BCUT2D eigenvalue weighted by Gasteiger charge is -2.32. The molecule has 0 aliphatic carbocycles. The van der Waals surface area contributed by atoms with Crippen LogP contribution >= 0.6 is 0 Å². The number of nitrogens with two attached hydrogens (primary N) is 1. The molecule has 146 valence electrons. The monoisotopic (exact) mass is 385 g/mol. The molecule has 0 saturated heterocycles. The molecule has 0 unspecified atom stereocenters. The van der Waals surface area contributed by atoms with E-state index in [0.717, 1.165) is 47.3 Å². The molecule has 0 spiro atoms. The number of fused-ring (bicyclic) bond motifs is 1. The lowest BCUT2D eigenvalue weighted by atomic mass is 9.94. The Kier molecular flexibility index (Phi) is 5.04. The molecule has 0 aromatic heterocycles. The van der Waals surface area contributed by atoms with E-state index in [2.05, 4.69) is 11.0 Å². The number of hydrogen-bond acceptors (Lipinski definition) is 3. The molecule has 0 atom stereocenters. The summed E-state index contributed by atoms with van der Waals surface area (Å²) in [6.45, 7) is 1.62. The Hall–Kier alpha value is -3.60. The van der Waals surface area contributed by atoms with Gasteiger partial charge in [-0.15, -0.1) is 0 Å². The van der Waals surface area contributed by atoms with E-state index in [9.17, 15) is 9.90 Å². The number of amidine groups is 1. The zero-order valence-electron chi connectivity index (χ0n) is 16.1. The van der Waals surface area contributed by atoms with Gasteiger partial charge in [-0.1, -0.05) is 42.5 Å². The van der Waals surface area contributed by atoms with Crippen molar-refractivity contribution < 1.29 is 9.90 Å². The lowest BCUT2D eigenvalue weighted by molar-refractivity contribution is 0.0697. The Bertz CT molecular complexity index is 1090. The third-order valence-electron chi connectivity index (χ3n) is 5.43. The largest absolute Gasteiger partial charge is 0.478 e. The Balaban J connectivity index is 1.72. The molecule has 4 N–H and O–H groups in total. The van der Waals surface area contributed by atoms with Gasteiger partial charge in [0.1, 0.15) is 5.84 Å². The second kappa shape index (κ2) is 7.80. The lowest BCUT2D eigenvalue weighted by Crippen LogP contribution is -2.29. The highest BCUT2D eigenvalue weighted by molar-refractivity contribution is 5.97. The van der Waals surface area contributed by atoms with Gasteiger partial charge in [-0.05, 0) is 59.4 Å². The number of nitrogens with one attached hydrogen (secondary N) is 1. The summed E-state index contributed by atoms with van der Waals surface area (Å²) in [6, 6.07) is 21.1. The van der Waals surface area contributed by atoms with Gasteiger partial charge in [-0.3, -0.25) is 5.41 Å². The normalized spacial score (nSPS) is 13.0. The Morgan fingerprint density at radius 1 is 1.03 bits per heavy atom. The average Bonchev–Trinajstić information content (AvgIpc) is 2.74. The van der Waals surface area contributed by atoms with Crippen molar-refractivity contribution >= 4 is 17.5 Å². The number of nitrogen functional groups attached to an aromatic ring is 1. The van der Waals surface area contributed by atoms with Crippen molar-refractivity contribution in [3.8, 4) is 11.1 Å². The van der Waals surface area contributed by atoms with E-state index < -0.39 is 5.97 Å². The van der Waals surface area contributed by atoms with Gasteiger partial charge in [0.05, 0.1) is 5.56 Å². The van der Waals surface area contributed by atoms with E-state index in [1.807, 2.05) is 48.5 Å². The molecule has 0 bridgehead atoms. The second-order valence-electron chi connectivity index (χ2n) is 7.29. The van der Waals surface area contributed by atoms with Crippen LogP contribution in [-0.2, 0) is 13.0 Å². The second-order valence-corrected chi connectivity index (χ2v) is 7.29. The first kappa shape index (κ1) is 18.7. The van der Waals surface area contributed by atoms with E-state index in [1.165, 1.54) is 5.56 Å². The maximum absolute atomic E-state index is 11.7. The van der Waals surface area contributed by atoms with Gasteiger partial charge in [0.25, 0.3) is 0 Å². The van der Waals surface area contributed by atoms with Gasteiger partial charge in [-0.25, -0.2) is 4.79 Å². The SMILES string of the molecule is N=C(N)c1ccc2c(c1)CCCN2Cc1ccccc1-c1ccccc1C(=O)O. The van der Waals surface area contributed by atoms with Crippen molar-refractivity contribution in [1.29, 1.82) is 5.41 Å². The smallest absolute Gasteiger partial charge is 0.336 e. The molecule has 29 heavy (non-hydrogen) atoms. The van der Waals surface area contributed by atoms with Crippen molar-refractivity contribution in [2.45, 2.75) is 19.4 Å². The molecule has 5 heteroatoms. The molecule has 0 saturated carbocycles. The zero-order chi connectivity index (χ0) is 20.4. The van der Waals surface area contributed by atoms with Gasteiger partial charge in [0.15, 0.2) is 0 Å². The zero-order valence-corrected chi connectivity index (χ0v) is 16.1. The Morgan fingerprint density at radius 3 is 2.52 bits per heavy atom. The van der Waals surface area contributed by atoms with Crippen molar-refractivity contribution in [2.24, 2.45) is 5.73 Å². The van der Waals surface area contributed by atoms with E-state index in [-0.39, 0.29) is 5.84 Å². The number of hydrogen-bond donors (Lipinski definition) is 3. The van der Waals surface area contributed by atoms with Crippen molar-refractivity contribution in [3.63, 3.8) is 0 Å². The molecule has 3 aromatic rings. The number of benzene rings is 3. The van der Waals surface area contributed by atoms with Crippen molar-refractivity contribution in [2.75, 3.05) is 11.4 Å². The molecule has 4 rings (SSSR count). The van der Waals surface area contributed by atoms with E-state index >= 15 is 0 Å². The maximum atomic E-state index is 11.7. The fourth-order valence-electron chi connectivity index (χ4n) is 4.04. The van der Waals surface area contributed by atoms with Crippen LogP contribution in [0.5, 0.6) is 0 Å². The Labute approximate surface area is 169 Å². The third kappa shape index (κ3) is 3.72. The minimum atomic E-state index is -0.921. The van der Waals surface area contributed by atoms with E-state index in [4.69, 9.17) is 11.1 Å². The summed E-state index contributed by atoms with van der Waals surface area (Å²) in [5.74, 6) is -0.837. The number of carboxylic acids is 1. The summed E-state index contributed by atoms with van der Waals surface area (Å²) in [5.41, 5.74) is 11.8. The first-order valence-electron chi connectivity index (χ1n) is 9.67. The molecule has 0 amide bonds. The van der Waals surface area contributed by atoms with Gasteiger partial charge < -0.3 is 15.7 Å². The summed E-state index contributed by atoms with van der Waals surface area (Å²) in [4.78, 5) is 14.0. The van der Waals surface area contributed by atoms with Crippen molar-refractivity contribution in [1.82, 2.24) is 0 Å². The van der Waals surface area contributed by atoms with E-state index in [1.54, 1.807) is 12.1 Å². The summed E-state index contributed by atoms with van der Waals surface area (Å²) in [7, 11) is 0. The average molecular weight is 385 g/mol. The van der Waals surface area contributed by atoms with Crippen LogP contribution < -0.4 is 10.6 Å². The van der Waals surface area contributed by atoms with Gasteiger partial charge >= 0.3 is 5.97 Å². The number of nitrogens with zero attached hydrogens (tertiary/aromatic N) is 1. The molecule has 1 heterocycles. The first-order chi connectivity index (χ1) is 14.0. The summed E-state index contributed by atoms with van der Waals surface area (Å²) in [5, 5.41) is 17.3. The van der Waals surface area contributed by atoms with Crippen molar-refractivity contribution in [3.05, 3.63) is 89.0 Å². The Morgan fingerprint density at radius 2 is 1.76 bits per heavy atom. The van der Waals surface area contributed by atoms with E-state index in [0.29, 0.717) is 12.1 Å². The van der Waals surface area contributed by atoms with Crippen LogP contribution in [0.4, 0.5) is 5.69 Å². The fraction of sp³-hybridized carbons (Fsp3) is 0.167. The summed E-state index contributed by atoms with van der Waals surface area (Å²) >= 11 is 0. The predicted molar refractivity (Wildman–Crippen MR) is 116 cm³/mol. The van der Waals surface area contributed by atoms with Crippen LogP contribution in [0, 0.1) is 5.41 Å². The van der Waals surface area contributed by atoms with Crippen LogP contribution in [-0.4, -0.2) is 23.5 Å². The summed E-state index contributed by atoms with van der Waals surface area (Å²) < 4.78 is 0. The highest BCUT2D eigenvalue weighted by Gasteiger charge is 2.20.